The SMILES string of the molecule is COC(=O)COC(c1c(C)cc(C)cc1OC)(c1nc2ccc(C#N)cc2n1COCC[Si](C)(C)C)C(F)(F)F. The second-order valence-electron chi connectivity index (χ2n) is 10.7. The first kappa shape index (κ1) is 31.1. The number of benzene rings is 2. The van der Waals surface area contributed by atoms with Gasteiger partial charge in [0.05, 0.1) is 36.9 Å². The molecule has 0 aliphatic carbocycles. The molecule has 216 valence electrons. The standard InChI is InChI=1S/C28H34F3N3O5Si/c1-18-12-19(2)25(23(13-18)36-3)27(28(29,30)31,39-16-24(35)37-4)26-33-21-9-8-20(15-32)14-22(21)34(26)17-38-10-11-40(5,6)7/h8-9,12-14H,10-11,16-17H2,1-7H3. The van der Waals surface area contributed by atoms with E-state index in [1.807, 2.05) is 6.07 Å². The van der Waals surface area contributed by atoms with E-state index in [1.165, 1.54) is 42.9 Å². The Morgan fingerprint density at radius 1 is 1.12 bits per heavy atom. The highest BCUT2D eigenvalue weighted by atomic mass is 28.3. The van der Waals surface area contributed by atoms with Gasteiger partial charge in [0.25, 0.3) is 5.60 Å². The lowest BCUT2D eigenvalue weighted by Crippen LogP contribution is -2.49. The minimum Gasteiger partial charge on any atom is -0.496 e. The molecule has 0 spiro atoms. The molecule has 1 unspecified atom stereocenters. The zero-order valence-corrected chi connectivity index (χ0v) is 24.7. The molecule has 0 fully saturated rings. The van der Waals surface area contributed by atoms with Gasteiger partial charge in [0.2, 0.25) is 0 Å². The second kappa shape index (κ2) is 12.0. The van der Waals surface area contributed by atoms with Gasteiger partial charge in [-0.1, -0.05) is 25.7 Å². The molecule has 0 amide bonds. The normalized spacial score (nSPS) is 13.6. The fourth-order valence-corrected chi connectivity index (χ4v) is 5.25. The third-order valence-electron chi connectivity index (χ3n) is 6.46. The zero-order chi connectivity index (χ0) is 29.9. The van der Waals surface area contributed by atoms with E-state index in [0.29, 0.717) is 12.2 Å². The summed E-state index contributed by atoms with van der Waals surface area (Å²) >= 11 is 0. The van der Waals surface area contributed by atoms with Crippen LogP contribution in [0.25, 0.3) is 11.0 Å². The maximum atomic E-state index is 15.6. The summed E-state index contributed by atoms with van der Waals surface area (Å²) < 4.78 is 69.7. The van der Waals surface area contributed by atoms with Crippen molar-refractivity contribution in [1.82, 2.24) is 9.55 Å². The molecule has 2 aromatic carbocycles. The summed E-state index contributed by atoms with van der Waals surface area (Å²) in [6.45, 7) is 8.74. The smallest absolute Gasteiger partial charge is 0.429 e. The van der Waals surface area contributed by atoms with E-state index in [9.17, 15) is 10.1 Å². The van der Waals surface area contributed by atoms with E-state index in [0.717, 1.165) is 13.2 Å². The van der Waals surface area contributed by atoms with Crippen LogP contribution in [0.5, 0.6) is 5.75 Å². The van der Waals surface area contributed by atoms with Crippen molar-refractivity contribution in [2.75, 3.05) is 27.4 Å². The van der Waals surface area contributed by atoms with Gasteiger partial charge in [0, 0.05) is 20.2 Å². The third-order valence-corrected chi connectivity index (χ3v) is 8.16. The summed E-state index contributed by atoms with van der Waals surface area (Å²) in [5.74, 6) is -1.65. The Balaban J connectivity index is 2.41. The quantitative estimate of drug-likeness (QED) is 0.160. The molecule has 40 heavy (non-hydrogen) atoms. The topological polar surface area (TPSA) is 95.6 Å². The fourth-order valence-electron chi connectivity index (χ4n) is 4.49. The lowest BCUT2D eigenvalue weighted by molar-refractivity contribution is -0.271. The number of esters is 1. The van der Waals surface area contributed by atoms with Gasteiger partial charge in [-0.05, 0) is 55.3 Å². The predicted octanol–water partition coefficient (Wildman–Crippen LogP) is 5.84. The first-order chi connectivity index (χ1) is 18.7. The predicted molar refractivity (Wildman–Crippen MR) is 146 cm³/mol. The molecule has 0 aliphatic heterocycles. The van der Waals surface area contributed by atoms with Crippen LogP contribution in [-0.2, 0) is 31.3 Å². The third kappa shape index (κ3) is 6.32. The first-order valence-electron chi connectivity index (χ1n) is 12.6. The summed E-state index contributed by atoms with van der Waals surface area (Å²) in [7, 11) is 0.823. The lowest BCUT2D eigenvalue weighted by atomic mass is 9.86. The number of ether oxygens (including phenoxy) is 4. The van der Waals surface area contributed by atoms with Crippen molar-refractivity contribution in [3.63, 3.8) is 0 Å². The Labute approximate surface area is 232 Å². The maximum Gasteiger partial charge on any atom is 0.429 e. The van der Waals surface area contributed by atoms with Crippen molar-refractivity contribution in [2.45, 2.75) is 58.0 Å². The number of fused-ring (bicyclic) bond motifs is 1. The molecule has 1 atom stereocenters. The first-order valence-corrected chi connectivity index (χ1v) is 16.3. The summed E-state index contributed by atoms with van der Waals surface area (Å²) in [4.78, 5) is 16.6. The number of nitriles is 1. The number of hydrogen-bond acceptors (Lipinski definition) is 7. The van der Waals surface area contributed by atoms with Gasteiger partial charge >= 0.3 is 12.1 Å². The molecule has 3 aromatic rings. The number of methoxy groups -OCH3 is 2. The van der Waals surface area contributed by atoms with Gasteiger partial charge < -0.3 is 23.5 Å². The summed E-state index contributed by atoms with van der Waals surface area (Å²) in [6.07, 6.45) is -5.14. The van der Waals surface area contributed by atoms with Crippen LogP contribution in [0.4, 0.5) is 13.2 Å². The summed E-state index contributed by atoms with van der Waals surface area (Å²) in [5.41, 5.74) is -2.05. The van der Waals surface area contributed by atoms with Crippen LogP contribution in [0, 0.1) is 25.2 Å². The Hall–Kier alpha value is -3.40. The molecule has 8 nitrogen and oxygen atoms in total. The molecule has 0 saturated carbocycles. The Bertz CT molecular complexity index is 1430. The molecule has 0 saturated heterocycles. The highest BCUT2D eigenvalue weighted by molar-refractivity contribution is 6.76. The minimum atomic E-state index is -5.14. The monoisotopic (exact) mass is 577 g/mol. The van der Waals surface area contributed by atoms with Gasteiger partial charge in [0.1, 0.15) is 19.1 Å². The highest BCUT2D eigenvalue weighted by Gasteiger charge is 2.64. The second-order valence-corrected chi connectivity index (χ2v) is 16.4. The van der Waals surface area contributed by atoms with E-state index in [1.54, 1.807) is 13.0 Å². The number of carbonyl (C=O) groups excluding carboxylic acids is 1. The van der Waals surface area contributed by atoms with Crippen molar-refractivity contribution in [3.8, 4) is 11.8 Å². The van der Waals surface area contributed by atoms with Crippen LogP contribution >= 0.6 is 0 Å². The average Bonchev–Trinajstić information content (AvgIpc) is 3.23. The van der Waals surface area contributed by atoms with Gasteiger partial charge in [-0.2, -0.15) is 18.4 Å². The molecular weight excluding hydrogens is 543 g/mol. The molecule has 0 radical (unpaired) electrons. The number of alkyl halides is 3. The highest BCUT2D eigenvalue weighted by Crippen LogP contribution is 2.52. The minimum absolute atomic E-state index is 0.0874. The van der Waals surface area contributed by atoms with Crippen molar-refractivity contribution in [2.24, 2.45) is 0 Å². The van der Waals surface area contributed by atoms with Crippen LogP contribution in [-0.4, -0.2) is 57.2 Å². The number of aryl methyl sites for hydroxylation is 2. The van der Waals surface area contributed by atoms with Crippen LogP contribution in [0.2, 0.25) is 25.7 Å². The lowest BCUT2D eigenvalue weighted by Gasteiger charge is -2.37. The largest absolute Gasteiger partial charge is 0.496 e. The Morgan fingerprint density at radius 3 is 2.40 bits per heavy atom. The van der Waals surface area contributed by atoms with Gasteiger partial charge in [0.15, 0.2) is 5.82 Å². The van der Waals surface area contributed by atoms with E-state index in [4.69, 9.17) is 14.2 Å². The van der Waals surface area contributed by atoms with Crippen molar-refractivity contribution < 1.29 is 36.9 Å². The van der Waals surface area contributed by atoms with Crippen LogP contribution < -0.4 is 4.74 Å². The van der Waals surface area contributed by atoms with Crippen molar-refractivity contribution in [1.29, 1.82) is 5.26 Å². The van der Waals surface area contributed by atoms with Crippen molar-refractivity contribution >= 4 is 25.1 Å². The number of rotatable bonds is 11. The van der Waals surface area contributed by atoms with Crippen LogP contribution in [0.1, 0.15) is 28.1 Å². The summed E-state index contributed by atoms with van der Waals surface area (Å²) in [6, 6.07) is 10.2. The zero-order valence-electron chi connectivity index (χ0n) is 23.7. The molecule has 0 N–H and O–H groups in total. The maximum absolute atomic E-state index is 15.6. The van der Waals surface area contributed by atoms with E-state index < -0.39 is 38.3 Å². The Kier molecular flexibility index (Phi) is 9.34. The molecule has 0 bridgehead atoms. The van der Waals surface area contributed by atoms with E-state index in [-0.39, 0.29) is 40.2 Å². The molecule has 1 heterocycles. The number of hydrogen-bond donors (Lipinski definition) is 0. The van der Waals surface area contributed by atoms with Crippen LogP contribution in [0.15, 0.2) is 30.3 Å². The van der Waals surface area contributed by atoms with Gasteiger partial charge in [-0.3, -0.25) is 0 Å². The molecular formula is C28H34F3N3O5Si. The van der Waals surface area contributed by atoms with E-state index in [2.05, 4.69) is 29.4 Å². The number of halogens is 3. The average molecular weight is 578 g/mol. The number of aromatic nitrogens is 2. The summed E-state index contributed by atoms with van der Waals surface area (Å²) in [5, 5.41) is 9.49. The molecule has 3 rings (SSSR count). The molecule has 1 aromatic heterocycles. The Morgan fingerprint density at radius 2 is 1.82 bits per heavy atom. The van der Waals surface area contributed by atoms with Crippen molar-refractivity contribution in [3.05, 3.63) is 58.4 Å². The number of nitrogens with zero attached hydrogens (tertiary/aromatic N) is 3. The number of carbonyl (C=O) groups is 1. The molecule has 0 aliphatic rings. The molecule has 12 heteroatoms. The van der Waals surface area contributed by atoms with Gasteiger partial charge in [-0.25, -0.2) is 9.78 Å². The fraction of sp³-hybridized carbons (Fsp3) is 0.464. The van der Waals surface area contributed by atoms with Crippen LogP contribution in [0.3, 0.4) is 0 Å². The number of imidazole rings is 1. The van der Waals surface area contributed by atoms with E-state index >= 15 is 13.2 Å². The van der Waals surface area contributed by atoms with Gasteiger partial charge in [-0.15, -0.1) is 0 Å².